The van der Waals surface area contributed by atoms with Crippen LogP contribution in [0.15, 0.2) is 54.7 Å². The predicted octanol–water partition coefficient (Wildman–Crippen LogP) is 5.16. The lowest BCUT2D eigenvalue weighted by Crippen LogP contribution is -2.14. The minimum absolute atomic E-state index is 0.00697. The molecular formula is C21H19ClFN3O2. The molecule has 3 N–H and O–H groups in total. The third kappa shape index (κ3) is 4.58. The Morgan fingerprint density at radius 3 is 2.82 bits per heavy atom. The van der Waals surface area contributed by atoms with E-state index in [1.807, 2.05) is 13.0 Å². The van der Waals surface area contributed by atoms with Crippen molar-refractivity contribution in [1.82, 2.24) is 4.98 Å². The van der Waals surface area contributed by atoms with Gasteiger partial charge in [-0.2, -0.15) is 0 Å². The van der Waals surface area contributed by atoms with Crippen molar-refractivity contribution in [2.24, 2.45) is 0 Å². The van der Waals surface area contributed by atoms with Crippen LogP contribution in [0.5, 0.6) is 5.75 Å². The second-order valence-corrected chi connectivity index (χ2v) is 6.80. The predicted molar refractivity (Wildman–Crippen MR) is 108 cm³/mol. The lowest BCUT2D eigenvalue weighted by atomic mass is 10.1. The molecule has 1 heterocycles. The Labute approximate surface area is 167 Å². The maximum absolute atomic E-state index is 13.9. The summed E-state index contributed by atoms with van der Waals surface area (Å²) in [5.41, 5.74) is 7.93. The van der Waals surface area contributed by atoms with Crippen LogP contribution < -0.4 is 15.8 Å². The zero-order valence-corrected chi connectivity index (χ0v) is 16.1. The second-order valence-electron chi connectivity index (χ2n) is 6.36. The summed E-state index contributed by atoms with van der Waals surface area (Å²) >= 11 is 5.93. The molecular weight excluding hydrogens is 381 g/mol. The van der Waals surface area contributed by atoms with Gasteiger partial charge in [-0.1, -0.05) is 35.4 Å². The number of rotatable bonds is 5. The number of carbonyl (C=O) groups excluding carboxylic acids is 1. The minimum Gasteiger partial charge on any atom is -0.482 e. The maximum Gasteiger partial charge on any atom is 0.258 e. The lowest BCUT2D eigenvalue weighted by molar-refractivity contribution is 0.102. The van der Waals surface area contributed by atoms with Crippen molar-refractivity contribution >= 4 is 29.0 Å². The summed E-state index contributed by atoms with van der Waals surface area (Å²) in [7, 11) is 0. The number of nitrogens with one attached hydrogen (secondary N) is 1. The lowest BCUT2D eigenvalue weighted by Gasteiger charge is -2.17. The normalized spacial score (nSPS) is 11.7. The van der Waals surface area contributed by atoms with Gasteiger partial charge < -0.3 is 15.8 Å². The summed E-state index contributed by atoms with van der Waals surface area (Å²) in [6.07, 6.45) is 1.06. The molecule has 0 saturated carbocycles. The van der Waals surface area contributed by atoms with Crippen molar-refractivity contribution in [2.45, 2.75) is 20.0 Å². The van der Waals surface area contributed by atoms with E-state index in [1.54, 1.807) is 37.3 Å². The van der Waals surface area contributed by atoms with Crippen LogP contribution in [0.1, 0.15) is 34.5 Å². The molecule has 3 aromatic rings. The van der Waals surface area contributed by atoms with Crippen LogP contribution in [0.3, 0.4) is 0 Å². The zero-order chi connectivity index (χ0) is 20.3. The molecule has 1 amide bonds. The van der Waals surface area contributed by atoms with E-state index in [0.29, 0.717) is 16.5 Å². The first-order valence-corrected chi connectivity index (χ1v) is 8.96. The van der Waals surface area contributed by atoms with Gasteiger partial charge in [-0.3, -0.25) is 4.79 Å². The van der Waals surface area contributed by atoms with E-state index in [-0.39, 0.29) is 17.5 Å². The summed E-state index contributed by atoms with van der Waals surface area (Å²) in [4.78, 5) is 16.4. The van der Waals surface area contributed by atoms with Gasteiger partial charge in [0.1, 0.15) is 11.9 Å². The standard InChI is InChI=1S/C21H19ClFN3O2/c1-12-6-7-18(23)17(8-12)21(27)26-16-5-3-4-14(9-16)13(2)28-19-10-15(22)11-25-20(19)24/h3-11,13H,1-2H3,(H2,24,25)(H,26,27). The van der Waals surface area contributed by atoms with Crippen molar-refractivity contribution in [3.8, 4) is 5.75 Å². The van der Waals surface area contributed by atoms with Crippen LogP contribution in [0.25, 0.3) is 0 Å². The number of halogens is 2. The highest BCUT2D eigenvalue weighted by atomic mass is 35.5. The number of aromatic nitrogens is 1. The highest BCUT2D eigenvalue weighted by Gasteiger charge is 2.14. The topological polar surface area (TPSA) is 77.2 Å². The SMILES string of the molecule is Cc1ccc(F)c(C(=O)Nc2cccc(C(C)Oc3cc(Cl)cnc3N)c2)c1. The summed E-state index contributed by atoms with van der Waals surface area (Å²) in [5, 5.41) is 3.13. The van der Waals surface area contributed by atoms with E-state index < -0.39 is 11.7 Å². The number of nitrogens with zero attached hydrogens (tertiary/aromatic N) is 1. The maximum atomic E-state index is 13.9. The number of hydrogen-bond acceptors (Lipinski definition) is 4. The monoisotopic (exact) mass is 399 g/mol. The number of ether oxygens (including phenoxy) is 1. The molecule has 7 heteroatoms. The number of nitrogen functional groups attached to an aromatic ring is 1. The molecule has 1 aromatic heterocycles. The van der Waals surface area contributed by atoms with Crippen LogP contribution >= 0.6 is 11.6 Å². The molecule has 0 aliphatic carbocycles. The number of nitrogens with two attached hydrogens (primary N) is 1. The van der Waals surface area contributed by atoms with E-state index >= 15 is 0 Å². The van der Waals surface area contributed by atoms with E-state index in [1.165, 1.54) is 18.3 Å². The number of aryl methyl sites for hydroxylation is 1. The molecule has 28 heavy (non-hydrogen) atoms. The fourth-order valence-electron chi connectivity index (χ4n) is 2.66. The molecule has 0 saturated heterocycles. The smallest absolute Gasteiger partial charge is 0.258 e. The van der Waals surface area contributed by atoms with Crippen LogP contribution in [0.2, 0.25) is 5.02 Å². The summed E-state index contributed by atoms with van der Waals surface area (Å²) in [6.45, 7) is 3.63. The largest absolute Gasteiger partial charge is 0.482 e. The Morgan fingerprint density at radius 1 is 1.25 bits per heavy atom. The fraction of sp³-hybridized carbons (Fsp3) is 0.143. The molecule has 0 aliphatic rings. The van der Waals surface area contributed by atoms with Gasteiger partial charge in [0, 0.05) is 18.0 Å². The van der Waals surface area contributed by atoms with Gasteiger partial charge in [-0.05, 0) is 43.7 Å². The molecule has 0 bridgehead atoms. The summed E-state index contributed by atoms with van der Waals surface area (Å²) < 4.78 is 19.8. The van der Waals surface area contributed by atoms with Crippen molar-refractivity contribution in [1.29, 1.82) is 0 Å². The van der Waals surface area contributed by atoms with Crippen LogP contribution in [-0.4, -0.2) is 10.9 Å². The van der Waals surface area contributed by atoms with Gasteiger partial charge in [0.2, 0.25) is 0 Å². The number of carbonyl (C=O) groups is 1. The molecule has 0 fully saturated rings. The number of anilines is 2. The molecule has 144 valence electrons. The van der Waals surface area contributed by atoms with Crippen molar-refractivity contribution < 1.29 is 13.9 Å². The van der Waals surface area contributed by atoms with Gasteiger partial charge in [-0.15, -0.1) is 0 Å². The number of amides is 1. The highest BCUT2D eigenvalue weighted by molar-refractivity contribution is 6.30. The van der Waals surface area contributed by atoms with Gasteiger partial charge >= 0.3 is 0 Å². The molecule has 1 atom stereocenters. The van der Waals surface area contributed by atoms with Crippen molar-refractivity contribution in [3.05, 3.63) is 82.3 Å². The number of benzene rings is 2. The second kappa shape index (κ2) is 8.27. The van der Waals surface area contributed by atoms with Crippen molar-refractivity contribution in [3.63, 3.8) is 0 Å². The Balaban J connectivity index is 1.77. The third-order valence-corrected chi connectivity index (χ3v) is 4.34. The Kier molecular flexibility index (Phi) is 5.80. The first-order chi connectivity index (χ1) is 13.3. The molecule has 1 unspecified atom stereocenters. The fourth-order valence-corrected chi connectivity index (χ4v) is 2.81. The van der Waals surface area contributed by atoms with Gasteiger partial charge in [0.05, 0.1) is 10.6 Å². The van der Waals surface area contributed by atoms with Crippen LogP contribution in [-0.2, 0) is 0 Å². The van der Waals surface area contributed by atoms with Crippen LogP contribution in [0.4, 0.5) is 15.9 Å². The van der Waals surface area contributed by atoms with E-state index in [4.69, 9.17) is 22.1 Å². The highest BCUT2D eigenvalue weighted by Crippen LogP contribution is 2.29. The van der Waals surface area contributed by atoms with Gasteiger partial charge in [0.25, 0.3) is 5.91 Å². The molecule has 0 spiro atoms. The molecule has 2 aromatic carbocycles. The first kappa shape index (κ1) is 19.6. The number of pyridine rings is 1. The molecule has 3 rings (SSSR count). The van der Waals surface area contributed by atoms with E-state index in [9.17, 15) is 9.18 Å². The molecule has 0 radical (unpaired) electrons. The molecule has 5 nitrogen and oxygen atoms in total. The van der Waals surface area contributed by atoms with E-state index in [0.717, 1.165) is 11.1 Å². The first-order valence-electron chi connectivity index (χ1n) is 8.58. The van der Waals surface area contributed by atoms with Crippen LogP contribution in [0, 0.1) is 12.7 Å². The Hall–Kier alpha value is -3.12. The van der Waals surface area contributed by atoms with Gasteiger partial charge in [0.15, 0.2) is 11.6 Å². The minimum atomic E-state index is -0.570. The third-order valence-electron chi connectivity index (χ3n) is 4.13. The Morgan fingerprint density at radius 2 is 2.04 bits per heavy atom. The van der Waals surface area contributed by atoms with E-state index in [2.05, 4.69) is 10.3 Å². The van der Waals surface area contributed by atoms with Gasteiger partial charge in [-0.25, -0.2) is 9.37 Å². The Bertz CT molecular complexity index is 1030. The number of hydrogen-bond donors (Lipinski definition) is 2. The van der Waals surface area contributed by atoms with Crippen molar-refractivity contribution in [2.75, 3.05) is 11.1 Å². The zero-order valence-electron chi connectivity index (χ0n) is 15.4. The average molecular weight is 400 g/mol. The summed E-state index contributed by atoms with van der Waals surface area (Å²) in [5.74, 6) is -0.484. The molecule has 0 aliphatic heterocycles. The summed E-state index contributed by atoms with van der Waals surface area (Å²) in [6, 6.07) is 13.1. The average Bonchev–Trinajstić information content (AvgIpc) is 2.66. The quantitative estimate of drug-likeness (QED) is 0.621.